The Balaban J connectivity index is 2.26. The average molecular weight is 290 g/mol. The van der Waals surface area contributed by atoms with Crippen LogP contribution in [0.15, 0.2) is 10.8 Å². The second-order valence-electron chi connectivity index (χ2n) is 3.10. The number of nitrogens with zero attached hydrogens (tertiary/aromatic N) is 3. The van der Waals surface area contributed by atoms with Gasteiger partial charge in [0.2, 0.25) is 0 Å². The van der Waals surface area contributed by atoms with Crippen LogP contribution in [0, 0.1) is 0 Å². The highest BCUT2D eigenvalue weighted by Gasteiger charge is 2.17. The first-order valence-electron chi connectivity index (χ1n) is 4.62. The van der Waals surface area contributed by atoms with Gasteiger partial charge in [0.25, 0.3) is 0 Å². The van der Waals surface area contributed by atoms with Gasteiger partial charge in [0.1, 0.15) is 16.6 Å². The molecule has 0 amide bonds. The van der Waals surface area contributed by atoms with Gasteiger partial charge in [-0.25, -0.2) is 15.8 Å². The molecule has 1 saturated heterocycles. The summed E-state index contributed by atoms with van der Waals surface area (Å²) in [4.78, 5) is 10.5. The van der Waals surface area contributed by atoms with Crippen molar-refractivity contribution in [2.45, 2.75) is 0 Å². The van der Waals surface area contributed by atoms with E-state index >= 15 is 0 Å². The molecule has 2 heterocycles. The summed E-state index contributed by atoms with van der Waals surface area (Å²) >= 11 is 5.43. The molecule has 0 aliphatic carbocycles. The quantitative estimate of drug-likeness (QED) is 0.627. The number of aromatic nitrogens is 2. The van der Waals surface area contributed by atoms with Crippen LogP contribution in [0.25, 0.3) is 0 Å². The Morgan fingerprint density at radius 1 is 1.40 bits per heavy atom. The summed E-state index contributed by atoms with van der Waals surface area (Å²) in [7, 11) is 0. The molecule has 1 aromatic heterocycles. The van der Waals surface area contributed by atoms with Crippen molar-refractivity contribution < 1.29 is 0 Å². The number of halogens is 1. The maximum absolute atomic E-state index is 5.36. The summed E-state index contributed by atoms with van der Waals surface area (Å²) in [6.45, 7) is 2.04. The number of hydrazine groups is 1. The van der Waals surface area contributed by atoms with Crippen LogP contribution in [0.2, 0.25) is 0 Å². The maximum atomic E-state index is 5.36. The van der Waals surface area contributed by atoms with E-state index in [1.807, 2.05) is 11.8 Å². The summed E-state index contributed by atoms with van der Waals surface area (Å²) in [5, 5.41) is 0. The minimum Gasteiger partial charge on any atom is -0.354 e. The van der Waals surface area contributed by atoms with Gasteiger partial charge in [-0.1, -0.05) is 0 Å². The average Bonchev–Trinajstić information content (AvgIpc) is 2.30. The number of hydrogen-bond acceptors (Lipinski definition) is 6. The number of nitrogen functional groups attached to an aromatic ring is 1. The van der Waals surface area contributed by atoms with Crippen molar-refractivity contribution in [1.82, 2.24) is 9.97 Å². The Kier molecular flexibility index (Phi) is 3.66. The molecule has 1 aromatic rings. The SMILES string of the molecule is NNc1ncnc(N2CCSCC2)c1Br. The second-order valence-corrected chi connectivity index (χ2v) is 5.12. The maximum Gasteiger partial charge on any atom is 0.159 e. The molecule has 1 aliphatic rings. The van der Waals surface area contributed by atoms with Gasteiger partial charge in [0.15, 0.2) is 5.82 Å². The molecule has 1 aliphatic heterocycles. The van der Waals surface area contributed by atoms with Crippen LogP contribution >= 0.6 is 27.7 Å². The Morgan fingerprint density at radius 2 is 2.13 bits per heavy atom. The summed E-state index contributed by atoms with van der Waals surface area (Å²) < 4.78 is 0.833. The molecule has 2 rings (SSSR count). The monoisotopic (exact) mass is 289 g/mol. The fourth-order valence-corrected chi connectivity index (χ4v) is 2.93. The van der Waals surface area contributed by atoms with Crippen LogP contribution < -0.4 is 16.2 Å². The summed E-state index contributed by atoms with van der Waals surface area (Å²) in [6, 6.07) is 0. The molecule has 3 N–H and O–H groups in total. The zero-order valence-corrected chi connectivity index (χ0v) is 10.5. The molecule has 82 valence electrons. The van der Waals surface area contributed by atoms with E-state index in [2.05, 4.69) is 36.2 Å². The Bertz CT molecular complexity index is 342. The Morgan fingerprint density at radius 3 is 2.80 bits per heavy atom. The first-order valence-corrected chi connectivity index (χ1v) is 6.57. The number of thioether (sulfide) groups is 1. The van der Waals surface area contributed by atoms with Crippen molar-refractivity contribution in [3.05, 3.63) is 10.8 Å². The third-order valence-corrected chi connectivity index (χ3v) is 3.89. The number of hydrogen-bond donors (Lipinski definition) is 2. The van der Waals surface area contributed by atoms with E-state index in [9.17, 15) is 0 Å². The van der Waals surface area contributed by atoms with Gasteiger partial charge in [-0.2, -0.15) is 11.8 Å². The number of rotatable bonds is 2. The zero-order valence-electron chi connectivity index (χ0n) is 8.11. The highest BCUT2D eigenvalue weighted by atomic mass is 79.9. The molecule has 1 fully saturated rings. The molecule has 5 nitrogen and oxygen atoms in total. The smallest absolute Gasteiger partial charge is 0.159 e. The summed E-state index contributed by atoms with van der Waals surface area (Å²) in [5.74, 6) is 9.18. The van der Waals surface area contributed by atoms with Crippen molar-refractivity contribution >= 4 is 39.3 Å². The van der Waals surface area contributed by atoms with E-state index in [0.717, 1.165) is 34.9 Å². The highest BCUT2D eigenvalue weighted by molar-refractivity contribution is 9.10. The van der Waals surface area contributed by atoms with Crippen LogP contribution in [0.5, 0.6) is 0 Å². The van der Waals surface area contributed by atoms with Crippen molar-refractivity contribution in [1.29, 1.82) is 0 Å². The van der Waals surface area contributed by atoms with Gasteiger partial charge in [-0.05, 0) is 15.9 Å². The molecule has 0 unspecified atom stereocenters. The number of nitrogens with one attached hydrogen (secondary N) is 1. The minimum atomic E-state index is 0.623. The van der Waals surface area contributed by atoms with Gasteiger partial charge < -0.3 is 10.3 Å². The fraction of sp³-hybridized carbons (Fsp3) is 0.500. The van der Waals surface area contributed by atoms with Crippen molar-refractivity contribution in [3.63, 3.8) is 0 Å². The van der Waals surface area contributed by atoms with Crippen molar-refractivity contribution in [3.8, 4) is 0 Å². The Hall–Kier alpha value is -0.530. The predicted molar refractivity (Wildman–Crippen MR) is 67.1 cm³/mol. The van der Waals surface area contributed by atoms with Crippen LogP contribution in [-0.4, -0.2) is 34.6 Å². The third kappa shape index (κ3) is 2.35. The largest absolute Gasteiger partial charge is 0.354 e. The van der Waals surface area contributed by atoms with E-state index in [1.165, 1.54) is 6.33 Å². The summed E-state index contributed by atoms with van der Waals surface area (Å²) in [5.41, 5.74) is 2.54. The lowest BCUT2D eigenvalue weighted by Gasteiger charge is -2.28. The molecule has 7 heteroatoms. The third-order valence-electron chi connectivity index (χ3n) is 2.22. The van der Waals surface area contributed by atoms with E-state index in [4.69, 9.17) is 5.84 Å². The summed E-state index contributed by atoms with van der Waals surface area (Å²) in [6.07, 6.45) is 1.52. The molecule has 0 radical (unpaired) electrons. The molecule has 0 bridgehead atoms. The van der Waals surface area contributed by atoms with Gasteiger partial charge >= 0.3 is 0 Å². The topological polar surface area (TPSA) is 67.1 Å². The van der Waals surface area contributed by atoms with Crippen molar-refractivity contribution in [2.75, 3.05) is 34.9 Å². The molecule has 0 saturated carbocycles. The van der Waals surface area contributed by atoms with Gasteiger partial charge in [0.05, 0.1) is 0 Å². The lowest BCUT2D eigenvalue weighted by molar-refractivity contribution is 0.831. The van der Waals surface area contributed by atoms with Gasteiger partial charge in [-0.15, -0.1) is 0 Å². The standard InChI is InChI=1S/C8H12BrN5S/c9-6-7(13-10)11-5-12-8(6)14-1-3-15-4-2-14/h5H,1-4,10H2,(H,11,12,13). The fourth-order valence-electron chi connectivity index (χ4n) is 1.46. The molecule has 15 heavy (non-hydrogen) atoms. The lowest BCUT2D eigenvalue weighted by Crippen LogP contribution is -2.33. The van der Waals surface area contributed by atoms with E-state index in [-0.39, 0.29) is 0 Å². The van der Waals surface area contributed by atoms with E-state index < -0.39 is 0 Å². The van der Waals surface area contributed by atoms with Crippen LogP contribution in [0.1, 0.15) is 0 Å². The normalized spacial score (nSPS) is 16.5. The first-order chi connectivity index (χ1) is 7.33. The zero-order chi connectivity index (χ0) is 10.7. The van der Waals surface area contributed by atoms with E-state index in [1.54, 1.807) is 0 Å². The van der Waals surface area contributed by atoms with Gasteiger partial charge in [0, 0.05) is 24.6 Å². The second kappa shape index (κ2) is 5.00. The molecule has 0 atom stereocenters. The van der Waals surface area contributed by atoms with Crippen LogP contribution in [0.3, 0.4) is 0 Å². The number of anilines is 2. The van der Waals surface area contributed by atoms with Gasteiger partial charge in [-0.3, -0.25) is 0 Å². The molecular formula is C8H12BrN5S. The lowest BCUT2D eigenvalue weighted by atomic mass is 10.4. The predicted octanol–water partition coefficient (Wildman–Crippen LogP) is 1.08. The minimum absolute atomic E-state index is 0.623. The number of nitrogens with two attached hydrogens (primary N) is 1. The van der Waals surface area contributed by atoms with Crippen molar-refractivity contribution in [2.24, 2.45) is 5.84 Å². The van der Waals surface area contributed by atoms with Crippen LogP contribution in [-0.2, 0) is 0 Å². The highest BCUT2D eigenvalue weighted by Crippen LogP contribution is 2.30. The molecule has 0 aromatic carbocycles. The molecular weight excluding hydrogens is 278 g/mol. The van der Waals surface area contributed by atoms with E-state index in [0.29, 0.717) is 5.82 Å². The first kappa shape index (κ1) is 11.0. The molecule has 0 spiro atoms. The Labute approximate surface area is 101 Å². The van der Waals surface area contributed by atoms with Crippen LogP contribution in [0.4, 0.5) is 11.6 Å².